The van der Waals surface area contributed by atoms with Crippen LogP contribution in [0, 0.1) is 28.1 Å². The molecule has 36 heavy (non-hydrogen) atoms. The van der Waals surface area contributed by atoms with Crippen molar-refractivity contribution in [1.29, 1.82) is 0 Å². The molecule has 0 aromatic rings. The minimum absolute atomic E-state index is 0.0776. The Labute approximate surface area is 217 Å². The number of hydrogen-bond acceptors (Lipinski definition) is 5. The molecule has 200 valence electrons. The molecule has 1 spiro atoms. The molecule has 0 amide bonds. The molecule has 1 N–H and O–H groups in total. The second-order valence-corrected chi connectivity index (χ2v) is 13.1. The molecular weight excluding hydrogens is 452 g/mol. The van der Waals surface area contributed by atoms with Crippen LogP contribution >= 0.6 is 0 Å². The van der Waals surface area contributed by atoms with E-state index in [1.165, 1.54) is 0 Å². The third kappa shape index (κ3) is 4.06. The number of carbonyl (C=O) groups excluding carboxylic acids is 3. The summed E-state index contributed by atoms with van der Waals surface area (Å²) >= 11 is 0. The van der Waals surface area contributed by atoms with Gasteiger partial charge in [-0.25, -0.2) is 0 Å². The lowest BCUT2D eigenvalue weighted by Gasteiger charge is -2.59. The van der Waals surface area contributed by atoms with E-state index in [0.717, 1.165) is 11.1 Å². The average Bonchev–Trinajstić information content (AvgIpc) is 3.15. The van der Waals surface area contributed by atoms with Crippen LogP contribution in [-0.2, 0) is 19.1 Å². The van der Waals surface area contributed by atoms with Crippen molar-refractivity contribution in [3.8, 4) is 0 Å². The fourth-order valence-electron chi connectivity index (χ4n) is 6.63. The first-order chi connectivity index (χ1) is 16.5. The fourth-order valence-corrected chi connectivity index (χ4v) is 6.63. The van der Waals surface area contributed by atoms with Crippen LogP contribution in [0.5, 0.6) is 0 Å². The predicted molar refractivity (Wildman–Crippen MR) is 142 cm³/mol. The minimum Gasteiger partial charge on any atom is -0.490 e. The van der Waals surface area contributed by atoms with E-state index in [2.05, 4.69) is 6.08 Å². The summed E-state index contributed by atoms with van der Waals surface area (Å²) in [7, 11) is 0. The maximum Gasteiger partial charge on any atom is 0.184 e. The van der Waals surface area contributed by atoms with E-state index in [9.17, 15) is 19.5 Å². The van der Waals surface area contributed by atoms with Crippen molar-refractivity contribution in [1.82, 2.24) is 0 Å². The largest absolute Gasteiger partial charge is 0.490 e. The lowest BCUT2D eigenvalue weighted by atomic mass is 9.39. The highest BCUT2D eigenvalue weighted by atomic mass is 16.5. The number of ether oxygens (including phenoxy) is 1. The molecule has 0 unspecified atom stereocenters. The molecule has 0 radical (unpaired) electrons. The van der Waals surface area contributed by atoms with Crippen molar-refractivity contribution >= 4 is 17.3 Å². The van der Waals surface area contributed by atoms with Gasteiger partial charge in [0.25, 0.3) is 0 Å². The van der Waals surface area contributed by atoms with Crippen LogP contribution < -0.4 is 0 Å². The Kier molecular flexibility index (Phi) is 7.44. The normalized spacial score (nSPS) is 32.0. The van der Waals surface area contributed by atoms with Gasteiger partial charge in [0.15, 0.2) is 22.8 Å². The van der Waals surface area contributed by atoms with Crippen molar-refractivity contribution in [2.24, 2.45) is 28.1 Å². The van der Waals surface area contributed by atoms with Gasteiger partial charge in [-0.3, -0.25) is 14.4 Å². The molecule has 2 bridgehead atoms. The number of aliphatic hydroxyl groups is 1. The Balaban J connectivity index is 2.41. The van der Waals surface area contributed by atoms with E-state index in [-0.39, 0.29) is 29.7 Å². The summed E-state index contributed by atoms with van der Waals surface area (Å²) in [6, 6.07) is 0. The summed E-state index contributed by atoms with van der Waals surface area (Å²) in [5, 5.41) is 10.9. The van der Waals surface area contributed by atoms with Gasteiger partial charge in [0.05, 0.1) is 11.0 Å². The van der Waals surface area contributed by atoms with Crippen molar-refractivity contribution in [3.05, 3.63) is 34.6 Å². The summed E-state index contributed by atoms with van der Waals surface area (Å²) in [5.41, 5.74) is -2.26. The van der Waals surface area contributed by atoms with E-state index < -0.39 is 33.9 Å². The third-order valence-electron chi connectivity index (χ3n) is 9.22. The Hall–Kier alpha value is -2.01. The lowest BCUT2D eigenvalue weighted by Crippen LogP contribution is -2.70. The van der Waals surface area contributed by atoms with Gasteiger partial charge in [-0.1, -0.05) is 51.0 Å². The van der Waals surface area contributed by atoms with Crippen LogP contribution in [0.2, 0.25) is 0 Å². The van der Waals surface area contributed by atoms with Crippen molar-refractivity contribution in [2.75, 3.05) is 0 Å². The predicted octanol–water partition coefficient (Wildman–Crippen LogP) is 6.30. The highest BCUT2D eigenvalue weighted by Crippen LogP contribution is 2.68. The molecule has 0 aromatic carbocycles. The van der Waals surface area contributed by atoms with Gasteiger partial charge in [-0.05, 0) is 78.6 Å². The molecular formula is C31H46O5. The van der Waals surface area contributed by atoms with E-state index >= 15 is 0 Å². The quantitative estimate of drug-likeness (QED) is 0.314. The highest BCUT2D eigenvalue weighted by molar-refractivity contribution is 6.33. The average molecular weight is 499 g/mol. The first-order valence-electron chi connectivity index (χ1n) is 13.5. The van der Waals surface area contributed by atoms with Crippen LogP contribution in [0.25, 0.3) is 0 Å². The molecule has 5 nitrogen and oxygen atoms in total. The lowest BCUT2D eigenvalue weighted by molar-refractivity contribution is -0.176. The maximum absolute atomic E-state index is 14.8. The topological polar surface area (TPSA) is 80.7 Å². The van der Waals surface area contributed by atoms with Crippen molar-refractivity contribution in [2.45, 2.75) is 113 Å². The molecule has 1 saturated carbocycles. The van der Waals surface area contributed by atoms with Crippen molar-refractivity contribution in [3.63, 3.8) is 0 Å². The van der Waals surface area contributed by atoms with Gasteiger partial charge < -0.3 is 9.84 Å². The zero-order chi connectivity index (χ0) is 27.4. The van der Waals surface area contributed by atoms with Gasteiger partial charge in [-0.2, -0.15) is 0 Å². The number of fused-ring (bicyclic) bond motifs is 1. The maximum atomic E-state index is 14.8. The Morgan fingerprint density at radius 2 is 1.69 bits per heavy atom. The summed E-state index contributed by atoms with van der Waals surface area (Å²) in [4.78, 5) is 43.8. The molecule has 1 aliphatic heterocycles. The van der Waals surface area contributed by atoms with Crippen LogP contribution in [-0.4, -0.2) is 34.2 Å². The van der Waals surface area contributed by atoms with Crippen LogP contribution in [0.15, 0.2) is 34.6 Å². The second-order valence-electron chi connectivity index (χ2n) is 13.1. The van der Waals surface area contributed by atoms with Crippen LogP contribution in [0.4, 0.5) is 0 Å². The highest BCUT2D eigenvalue weighted by Gasteiger charge is 2.77. The molecule has 2 fully saturated rings. The number of hydrogen-bond donors (Lipinski definition) is 1. The Bertz CT molecular complexity index is 1040. The number of ketones is 3. The second kappa shape index (κ2) is 9.38. The van der Waals surface area contributed by atoms with Crippen molar-refractivity contribution < 1.29 is 24.2 Å². The molecule has 1 heterocycles. The van der Waals surface area contributed by atoms with Gasteiger partial charge in [-0.15, -0.1) is 0 Å². The Morgan fingerprint density at radius 1 is 1.11 bits per heavy atom. The molecule has 3 aliphatic rings. The smallest absolute Gasteiger partial charge is 0.184 e. The zero-order valence-electron chi connectivity index (χ0n) is 24.0. The standard InChI is InChI=1S/C31H46O5/c1-11-20(6)24(32)31-25(33)22(15-13-19(4)5)26-30(27(31)34,17-23(36-26)29(9,10)35)16-21(28(31,7)8)14-12-18(2)3/h12-13,20-21,23,35H,11,14-17H2,1-10H3/t20-,21+,23+,30+,31+/m1/s1. The summed E-state index contributed by atoms with van der Waals surface area (Å²) in [5.74, 6) is -1.03. The van der Waals surface area contributed by atoms with Gasteiger partial charge in [0.2, 0.25) is 0 Å². The first kappa shape index (κ1) is 28.6. The van der Waals surface area contributed by atoms with E-state index in [0.29, 0.717) is 37.0 Å². The van der Waals surface area contributed by atoms with E-state index in [1.54, 1.807) is 13.8 Å². The number of Topliss-reactive ketones (excluding diaryl/α,β-unsaturated/α-hetero) is 3. The summed E-state index contributed by atoms with van der Waals surface area (Å²) in [6.45, 7) is 19.0. The first-order valence-corrected chi connectivity index (χ1v) is 13.5. The van der Waals surface area contributed by atoms with E-state index in [1.807, 2.05) is 61.5 Å². The summed E-state index contributed by atoms with van der Waals surface area (Å²) in [6.07, 6.45) is 5.83. The zero-order valence-corrected chi connectivity index (χ0v) is 24.0. The SMILES string of the molecule is CC[C@@H](C)C(=O)[C@@]12C(=O)C(CC=C(C)C)=C3O[C@H](C(C)(C)O)C[C@]3(C[C@H](CC=C(C)C)C1(C)C)C2=O. The monoisotopic (exact) mass is 498 g/mol. The minimum atomic E-state index is -1.76. The molecule has 2 aliphatic carbocycles. The van der Waals surface area contributed by atoms with Gasteiger partial charge in [0.1, 0.15) is 11.9 Å². The molecule has 1 saturated heterocycles. The molecule has 5 atom stereocenters. The fraction of sp³-hybridized carbons (Fsp3) is 0.710. The van der Waals surface area contributed by atoms with Gasteiger partial charge >= 0.3 is 0 Å². The number of rotatable bonds is 8. The van der Waals surface area contributed by atoms with Gasteiger partial charge in [0, 0.05) is 17.9 Å². The van der Waals surface area contributed by atoms with E-state index in [4.69, 9.17) is 4.74 Å². The molecule has 0 aromatic heterocycles. The number of carbonyl (C=O) groups is 3. The summed E-state index contributed by atoms with van der Waals surface area (Å²) < 4.78 is 6.38. The third-order valence-corrected chi connectivity index (χ3v) is 9.22. The Morgan fingerprint density at radius 3 is 2.19 bits per heavy atom. The number of allylic oxidation sites excluding steroid dienone is 6. The van der Waals surface area contributed by atoms with Crippen LogP contribution in [0.3, 0.4) is 0 Å². The van der Waals surface area contributed by atoms with Crippen LogP contribution in [0.1, 0.15) is 101 Å². The molecule has 5 heteroatoms. The molecule has 3 rings (SSSR count).